The number of halogens is 3. The molecule has 1 aliphatic heterocycles. The van der Waals surface area contributed by atoms with Crippen molar-refractivity contribution in [2.24, 2.45) is 0 Å². The minimum atomic E-state index is -4.55. The van der Waals surface area contributed by atoms with Gasteiger partial charge in [0.25, 0.3) is 5.69 Å². The molecule has 0 bridgehead atoms. The molecular formula is C27H27F3N2O3. The quantitative estimate of drug-likeness (QED) is 0.310. The van der Waals surface area contributed by atoms with Crippen molar-refractivity contribution in [2.45, 2.75) is 38.0 Å². The van der Waals surface area contributed by atoms with Crippen molar-refractivity contribution >= 4 is 5.69 Å². The molecule has 3 aromatic carbocycles. The molecule has 0 atom stereocenters. The molecule has 1 heterocycles. The van der Waals surface area contributed by atoms with Gasteiger partial charge in [0.05, 0.1) is 23.7 Å². The van der Waals surface area contributed by atoms with E-state index in [1.165, 1.54) is 6.07 Å². The van der Waals surface area contributed by atoms with Gasteiger partial charge in [-0.25, -0.2) is 0 Å². The summed E-state index contributed by atoms with van der Waals surface area (Å²) in [5, 5.41) is 14.7. The Hall–Kier alpha value is -3.23. The van der Waals surface area contributed by atoms with Gasteiger partial charge in [-0.2, -0.15) is 13.2 Å². The maximum atomic E-state index is 13.7. The highest BCUT2D eigenvalue weighted by atomic mass is 19.4. The van der Waals surface area contributed by atoms with E-state index < -0.39 is 16.7 Å². The van der Waals surface area contributed by atoms with Gasteiger partial charge in [0.2, 0.25) is 0 Å². The van der Waals surface area contributed by atoms with Gasteiger partial charge in [-0.1, -0.05) is 42.5 Å². The monoisotopic (exact) mass is 484 g/mol. The molecule has 1 N–H and O–H groups in total. The van der Waals surface area contributed by atoms with Gasteiger partial charge < -0.3 is 10.1 Å². The van der Waals surface area contributed by atoms with Gasteiger partial charge in [0.1, 0.15) is 0 Å². The van der Waals surface area contributed by atoms with Crippen LogP contribution in [0.3, 0.4) is 0 Å². The molecule has 0 amide bonds. The Morgan fingerprint density at radius 2 is 1.71 bits per heavy atom. The summed E-state index contributed by atoms with van der Waals surface area (Å²) >= 11 is 0. The number of hydrogen-bond acceptors (Lipinski definition) is 4. The summed E-state index contributed by atoms with van der Waals surface area (Å²) in [4.78, 5) is 10.8. The number of alkyl halides is 3. The van der Waals surface area contributed by atoms with E-state index in [2.05, 4.69) is 17.4 Å². The molecule has 0 aromatic heterocycles. The van der Waals surface area contributed by atoms with Crippen LogP contribution in [0.25, 0.3) is 11.1 Å². The lowest BCUT2D eigenvalue weighted by Crippen LogP contribution is -2.43. The highest BCUT2D eigenvalue weighted by Gasteiger charge is 2.34. The standard InChI is InChI=1S/C27H27F3N2O3/c1-19-7-8-21(16-25(19)32(33)34)22-13-20(14-24(15-22)27(28,29)30)17-35-18-26(9-11-31-12-10-26)23-5-3-2-4-6-23/h2-8,13-16,31H,9-12,17-18H2,1H3. The van der Waals surface area contributed by atoms with E-state index >= 15 is 0 Å². The Kier molecular flexibility index (Phi) is 7.23. The SMILES string of the molecule is Cc1ccc(-c2cc(COCC3(c4ccccc4)CCNCC3)cc(C(F)(F)F)c2)cc1[N+](=O)[O-]. The molecule has 0 spiro atoms. The van der Waals surface area contributed by atoms with Crippen LogP contribution in [0.1, 0.15) is 35.1 Å². The summed E-state index contributed by atoms with van der Waals surface area (Å²) < 4.78 is 47.1. The number of nitrogens with zero attached hydrogens (tertiary/aromatic N) is 1. The Bertz CT molecular complexity index is 1190. The van der Waals surface area contributed by atoms with E-state index in [9.17, 15) is 23.3 Å². The van der Waals surface area contributed by atoms with Gasteiger partial charge >= 0.3 is 6.18 Å². The molecule has 5 nitrogen and oxygen atoms in total. The molecule has 1 saturated heterocycles. The van der Waals surface area contributed by atoms with Crippen LogP contribution in [0, 0.1) is 17.0 Å². The average molecular weight is 485 g/mol. The molecule has 0 saturated carbocycles. The van der Waals surface area contributed by atoms with Crippen molar-refractivity contribution in [3.63, 3.8) is 0 Å². The first kappa shape index (κ1) is 24.9. The minimum absolute atomic E-state index is 0.00683. The zero-order valence-electron chi connectivity index (χ0n) is 19.4. The summed E-state index contributed by atoms with van der Waals surface area (Å²) in [6, 6.07) is 18.3. The zero-order valence-corrected chi connectivity index (χ0v) is 19.4. The Morgan fingerprint density at radius 3 is 2.37 bits per heavy atom. The first-order valence-electron chi connectivity index (χ1n) is 11.5. The third-order valence-corrected chi connectivity index (χ3v) is 6.65. The van der Waals surface area contributed by atoms with E-state index in [0.717, 1.165) is 43.6 Å². The Morgan fingerprint density at radius 1 is 1.00 bits per heavy atom. The van der Waals surface area contributed by atoms with E-state index in [1.54, 1.807) is 25.1 Å². The van der Waals surface area contributed by atoms with E-state index in [0.29, 0.717) is 23.3 Å². The number of nitro benzene ring substituents is 1. The van der Waals surface area contributed by atoms with Crippen LogP contribution in [0.5, 0.6) is 0 Å². The Labute approximate surface area is 202 Å². The summed E-state index contributed by atoms with van der Waals surface area (Å²) in [7, 11) is 0. The van der Waals surface area contributed by atoms with Gasteiger partial charge in [0.15, 0.2) is 0 Å². The van der Waals surface area contributed by atoms with Crippen LogP contribution < -0.4 is 5.32 Å². The molecule has 0 aliphatic carbocycles. The molecule has 35 heavy (non-hydrogen) atoms. The number of nitrogens with one attached hydrogen (secondary N) is 1. The summed E-state index contributed by atoms with van der Waals surface area (Å²) in [5.74, 6) is 0. The van der Waals surface area contributed by atoms with Gasteiger partial charge in [-0.05, 0) is 73.3 Å². The third kappa shape index (κ3) is 5.71. The second-order valence-electron chi connectivity index (χ2n) is 9.06. The number of benzene rings is 3. The van der Waals surface area contributed by atoms with Gasteiger partial charge in [-0.15, -0.1) is 0 Å². The molecule has 4 rings (SSSR count). The lowest BCUT2D eigenvalue weighted by atomic mass is 9.74. The molecule has 0 radical (unpaired) electrons. The maximum absolute atomic E-state index is 13.7. The van der Waals surface area contributed by atoms with Crippen molar-refractivity contribution in [1.29, 1.82) is 0 Å². The second kappa shape index (κ2) is 10.2. The maximum Gasteiger partial charge on any atom is 0.416 e. The van der Waals surface area contributed by atoms with Crippen LogP contribution in [0.15, 0.2) is 66.7 Å². The molecule has 1 aliphatic rings. The van der Waals surface area contributed by atoms with Crippen molar-refractivity contribution in [2.75, 3.05) is 19.7 Å². The first-order valence-corrected chi connectivity index (χ1v) is 11.5. The Balaban J connectivity index is 1.61. The lowest BCUT2D eigenvalue weighted by molar-refractivity contribution is -0.385. The largest absolute Gasteiger partial charge is 0.416 e. The smallest absolute Gasteiger partial charge is 0.376 e. The fourth-order valence-corrected chi connectivity index (χ4v) is 4.67. The van der Waals surface area contributed by atoms with Gasteiger partial charge in [0, 0.05) is 17.0 Å². The van der Waals surface area contributed by atoms with E-state index in [-0.39, 0.29) is 23.3 Å². The fraction of sp³-hybridized carbons (Fsp3) is 0.333. The van der Waals surface area contributed by atoms with Crippen LogP contribution in [-0.4, -0.2) is 24.6 Å². The molecule has 3 aromatic rings. The number of nitro groups is 1. The molecule has 1 fully saturated rings. The number of rotatable bonds is 7. The second-order valence-corrected chi connectivity index (χ2v) is 9.06. The molecular weight excluding hydrogens is 457 g/mol. The third-order valence-electron chi connectivity index (χ3n) is 6.65. The fourth-order valence-electron chi connectivity index (χ4n) is 4.67. The number of piperidine rings is 1. The van der Waals surface area contributed by atoms with E-state index in [1.807, 2.05) is 18.2 Å². The van der Waals surface area contributed by atoms with Gasteiger partial charge in [-0.3, -0.25) is 10.1 Å². The van der Waals surface area contributed by atoms with Crippen LogP contribution in [0.2, 0.25) is 0 Å². The highest BCUT2D eigenvalue weighted by Crippen LogP contribution is 2.36. The molecule has 8 heteroatoms. The van der Waals surface area contributed by atoms with Crippen molar-refractivity contribution in [3.8, 4) is 11.1 Å². The number of aryl methyl sites for hydroxylation is 1. The molecule has 0 unspecified atom stereocenters. The topological polar surface area (TPSA) is 64.4 Å². The minimum Gasteiger partial charge on any atom is -0.376 e. The van der Waals surface area contributed by atoms with E-state index in [4.69, 9.17) is 4.74 Å². The average Bonchev–Trinajstić information content (AvgIpc) is 2.84. The predicted molar refractivity (Wildman–Crippen MR) is 128 cm³/mol. The van der Waals surface area contributed by atoms with Crippen molar-refractivity contribution in [1.82, 2.24) is 5.32 Å². The summed E-state index contributed by atoms with van der Waals surface area (Å²) in [6.45, 7) is 3.68. The van der Waals surface area contributed by atoms with Crippen molar-refractivity contribution < 1.29 is 22.8 Å². The predicted octanol–water partition coefficient (Wildman–Crippen LogP) is 6.43. The van der Waals surface area contributed by atoms with Crippen LogP contribution in [0.4, 0.5) is 18.9 Å². The normalized spacial score (nSPS) is 15.7. The zero-order chi connectivity index (χ0) is 25.1. The van der Waals surface area contributed by atoms with Crippen LogP contribution in [-0.2, 0) is 22.9 Å². The van der Waals surface area contributed by atoms with Crippen LogP contribution >= 0.6 is 0 Å². The first-order chi connectivity index (χ1) is 16.7. The molecule has 184 valence electrons. The highest BCUT2D eigenvalue weighted by molar-refractivity contribution is 5.69. The van der Waals surface area contributed by atoms with Crippen molar-refractivity contribution in [3.05, 3.63) is 99.1 Å². The lowest BCUT2D eigenvalue weighted by Gasteiger charge is -2.38. The number of ether oxygens (including phenoxy) is 1. The summed E-state index contributed by atoms with van der Waals surface area (Å²) in [5.41, 5.74) is 1.46. The number of hydrogen-bond donors (Lipinski definition) is 1. The summed E-state index contributed by atoms with van der Waals surface area (Å²) in [6.07, 6.45) is -2.81.